The second-order valence-corrected chi connectivity index (χ2v) is 5.66. The van der Waals surface area contributed by atoms with Gasteiger partial charge in [-0.05, 0) is 50.0 Å². The van der Waals surface area contributed by atoms with Crippen LogP contribution in [-0.4, -0.2) is 18.5 Å². The zero-order valence-corrected chi connectivity index (χ0v) is 11.6. The third-order valence-corrected chi connectivity index (χ3v) is 4.10. The van der Waals surface area contributed by atoms with Crippen molar-refractivity contribution >= 4 is 5.91 Å². The van der Waals surface area contributed by atoms with Crippen LogP contribution < -0.4 is 11.1 Å². The van der Waals surface area contributed by atoms with E-state index in [1.54, 1.807) is 6.92 Å². The third-order valence-electron chi connectivity index (χ3n) is 4.10. The molecule has 104 valence electrons. The van der Waals surface area contributed by atoms with Crippen LogP contribution in [0.2, 0.25) is 0 Å². The highest BCUT2D eigenvalue weighted by Crippen LogP contribution is 2.35. The summed E-state index contributed by atoms with van der Waals surface area (Å²) < 4.78 is 0. The van der Waals surface area contributed by atoms with Crippen molar-refractivity contribution in [3.8, 4) is 0 Å². The molecule has 0 aliphatic heterocycles. The minimum Gasteiger partial charge on any atom is -0.354 e. The van der Waals surface area contributed by atoms with Crippen molar-refractivity contribution in [1.29, 1.82) is 0 Å². The fourth-order valence-electron chi connectivity index (χ4n) is 2.83. The number of nitrogens with one attached hydrogen (secondary N) is 1. The highest BCUT2D eigenvalue weighted by Gasteiger charge is 2.22. The SMILES string of the molecule is C[C@@H](N)C(=O)NCC1CCC(c2ccccc2)CC1. The maximum atomic E-state index is 11.4. The van der Waals surface area contributed by atoms with Gasteiger partial charge in [-0.2, -0.15) is 0 Å². The molecule has 2 rings (SSSR count). The van der Waals surface area contributed by atoms with Crippen molar-refractivity contribution in [2.45, 2.75) is 44.6 Å². The number of hydrogen-bond donors (Lipinski definition) is 2. The first kappa shape index (κ1) is 14.1. The van der Waals surface area contributed by atoms with Gasteiger partial charge >= 0.3 is 0 Å². The molecule has 1 aliphatic carbocycles. The Morgan fingerprint density at radius 3 is 2.47 bits per heavy atom. The molecule has 1 saturated carbocycles. The Hall–Kier alpha value is -1.35. The van der Waals surface area contributed by atoms with E-state index in [4.69, 9.17) is 5.73 Å². The number of carbonyl (C=O) groups is 1. The van der Waals surface area contributed by atoms with Crippen LogP contribution in [0.4, 0.5) is 0 Å². The summed E-state index contributed by atoms with van der Waals surface area (Å²) in [5, 5.41) is 2.94. The zero-order chi connectivity index (χ0) is 13.7. The normalized spacial score (nSPS) is 24.7. The molecule has 1 amide bonds. The van der Waals surface area contributed by atoms with Crippen molar-refractivity contribution in [1.82, 2.24) is 5.32 Å². The summed E-state index contributed by atoms with van der Waals surface area (Å²) in [5.74, 6) is 1.27. The van der Waals surface area contributed by atoms with E-state index in [1.165, 1.54) is 31.2 Å². The Morgan fingerprint density at radius 2 is 1.89 bits per heavy atom. The minimum atomic E-state index is -0.402. The highest BCUT2D eigenvalue weighted by atomic mass is 16.2. The van der Waals surface area contributed by atoms with E-state index in [1.807, 2.05) is 0 Å². The fourth-order valence-corrected chi connectivity index (χ4v) is 2.83. The second-order valence-electron chi connectivity index (χ2n) is 5.66. The van der Waals surface area contributed by atoms with Crippen molar-refractivity contribution in [2.24, 2.45) is 11.7 Å². The molecule has 1 aromatic rings. The van der Waals surface area contributed by atoms with Gasteiger partial charge in [0.2, 0.25) is 5.91 Å². The molecular weight excluding hydrogens is 236 g/mol. The van der Waals surface area contributed by atoms with Gasteiger partial charge in [0.25, 0.3) is 0 Å². The lowest BCUT2D eigenvalue weighted by molar-refractivity contribution is -0.122. The Bertz CT molecular complexity index is 394. The topological polar surface area (TPSA) is 55.1 Å². The quantitative estimate of drug-likeness (QED) is 0.873. The first-order valence-corrected chi connectivity index (χ1v) is 7.25. The van der Waals surface area contributed by atoms with Gasteiger partial charge in [0, 0.05) is 6.54 Å². The number of carbonyl (C=O) groups excluding carboxylic acids is 1. The summed E-state index contributed by atoms with van der Waals surface area (Å²) in [5.41, 5.74) is 7.00. The molecule has 0 unspecified atom stereocenters. The molecule has 3 nitrogen and oxygen atoms in total. The summed E-state index contributed by atoms with van der Waals surface area (Å²) >= 11 is 0. The number of amides is 1. The van der Waals surface area contributed by atoms with E-state index in [9.17, 15) is 4.79 Å². The molecule has 0 spiro atoms. The largest absolute Gasteiger partial charge is 0.354 e. The zero-order valence-electron chi connectivity index (χ0n) is 11.6. The van der Waals surface area contributed by atoms with Crippen LogP contribution >= 0.6 is 0 Å². The van der Waals surface area contributed by atoms with E-state index < -0.39 is 6.04 Å². The van der Waals surface area contributed by atoms with E-state index in [2.05, 4.69) is 35.6 Å². The van der Waals surface area contributed by atoms with Crippen LogP contribution in [0.5, 0.6) is 0 Å². The molecule has 0 aromatic heterocycles. The molecule has 0 heterocycles. The van der Waals surface area contributed by atoms with Crippen molar-refractivity contribution in [3.63, 3.8) is 0 Å². The van der Waals surface area contributed by atoms with Crippen molar-refractivity contribution in [2.75, 3.05) is 6.54 Å². The van der Waals surface area contributed by atoms with E-state index in [-0.39, 0.29) is 5.91 Å². The smallest absolute Gasteiger partial charge is 0.236 e. The Labute approximate surface area is 115 Å². The fraction of sp³-hybridized carbons (Fsp3) is 0.562. The Kier molecular flexibility index (Phi) is 4.97. The lowest BCUT2D eigenvalue weighted by Gasteiger charge is -2.29. The number of nitrogens with two attached hydrogens (primary N) is 1. The Morgan fingerprint density at radius 1 is 1.26 bits per heavy atom. The summed E-state index contributed by atoms with van der Waals surface area (Å²) in [4.78, 5) is 11.4. The maximum absolute atomic E-state index is 11.4. The number of benzene rings is 1. The van der Waals surface area contributed by atoms with E-state index in [0.29, 0.717) is 11.8 Å². The van der Waals surface area contributed by atoms with Gasteiger partial charge in [0.15, 0.2) is 0 Å². The molecular formula is C16H24N2O. The van der Waals surface area contributed by atoms with Crippen LogP contribution in [0.15, 0.2) is 30.3 Å². The van der Waals surface area contributed by atoms with Crippen LogP contribution in [0, 0.1) is 5.92 Å². The third kappa shape index (κ3) is 4.06. The van der Waals surface area contributed by atoms with Crippen LogP contribution in [0.1, 0.15) is 44.1 Å². The van der Waals surface area contributed by atoms with Gasteiger partial charge < -0.3 is 11.1 Å². The summed E-state index contributed by atoms with van der Waals surface area (Å²) in [6.07, 6.45) is 4.84. The molecule has 0 saturated heterocycles. The molecule has 0 radical (unpaired) electrons. The lowest BCUT2D eigenvalue weighted by Crippen LogP contribution is -2.40. The monoisotopic (exact) mass is 260 g/mol. The number of rotatable bonds is 4. The van der Waals surface area contributed by atoms with Crippen LogP contribution in [0.25, 0.3) is 0 Å². The van der Waals surface area contributed by atoms with Gasteiger partial charge in [0.1, 0.15) is 0 Å². The van der Waals surface area contributed by atoms with Crippen molar-refractivity contribution in [3.05, 3.63) is 35.9 Å². The van der Waals surface area contributed by atoms with Gasteiger partial charge in [-0.3, -0.25) is 4.79 Å². The average Bonchev–Trinajstić information content (AvgIpc) is 2.46. The first-order valence-electron chi connectivity index (χ1n) is 7.25. The molecule has 1 aliphatic rings. The second kappa shape index (κ2) is 6.71. The summed E-state index contributed by atoms with van der Waals surface area (Å²) in [6, 6.07) is 10.3. The molecule has 1 fully saturated rings. The van der Waals surface area contributed by atoms with Gasteiger partial charge in [-0.1, -0.05) is 30.3 Å². The van der Waals surface area contributed by atoms with Crippen LogP contribution in [0.3, 0.4) is 0 Å². The van der Waals surface area contributed by atoms with Gasteiger partial charge in [0.05, 0.1) is 6.04 Å². The highest BCUT2D eigenvalue weighted by molar-refractivity contribution is 5.80. The molecule has 0 bridgehead atoms. The molecule has 3 N–H and O–H groups in total. The average molecular weight is 260 g/mol. The predicted molar refractivity (Wildman–Crippen MR) is 77.8 cm³/mol. The van der Waals surface area contributed by atoms with Crippen LogP contribution in [-0.2, 0) is 4.79 Å². The van der Waals surface area contributed by atoms with Gasteiger partial charge in [-0.15, -0.1) is 0 Å². The Balaban J connectivity index is 1.75. The van der Waals surface area contributed by atoms with E-state index >= 15 is 0 Å². The summed E-state index contributed by atoms with van der Waals surface area (Å²) in [6.45, 7) is 2.50. The molecule has 1 aromatic carbocycles. The van der Waals surface area contributed by atoms with E-state index in [0.717, 1.165) is 6.54 Å². The predicted octanol–water partition coefficient (Wildman–Crippen LogP) is 2.42. The molecule has 1 atom stereocenters. The lowest BCUT2D eigenvalue weighted by atomic mass is 9.79. The minimum absolute atomic E-state index is 0.0369. The molecule has 19 heavy (non-hydrogen) atoms. The number of hydrogen-bond acceptors (Lipinski definition) is 2. The molecule has 3 heteroatoms. The first-order chi connectivity index (χ1) is 9.16. The van der Waals surface area contributed by atoms with Crippen molar-refractivity contribution < 1.29 is 4.79 Å². The van der Waals surface area contributed by atoms with Gasteiger partial charge in [-0.25, -0.2) is 0 Å². The maximum Gasteiger partial charge on any atom is 0.236 e. The summed E-state index contributed by atoms with van der Waals surface area (Å²) in [7, 11) is 0. The standard InChI is InChI=1S/C16H24N2O/c1-12(17)16(19)18-11-13-7-9-15(10-8-13)14-5-3-2-4-6-14/h2-6,12-13,15H,7-11,17H2,1H3,(H,18,19)/t12-,13?,15?/m1/s1.